The fraction of sp³-hybridized carbons (Fsp3) is 0.0556. The van der Waals surface area contributed by atoms with Gasteiger partial charge in [-0.3, -0.25) is 4.72 Å². The molecule has 0 bridgehead atoms. The highest BCUT2D eigenvalue weighted by Gasteiger charge is 2.22. The molecule has 0 fully saturated rings. The van der Waals surface area contributed by atoms with E-state index in [4.69, 9.17) is 16.9 Å². The van der Waals surface area contributed by atoms with E-state index in [0.717, 1.165) is 12.3 Å². The fourth-order valence-electron chi connectivity index (χ4n) is 2.61. The molecule has 0 saturated carbocycles. The Labute approximate surface area is 163 Å². The molecular weight excluding hydrogens is 415 g/mol. The molecule has 0 saturated heterocycles. The third-order valence-electron chi connectivity index (χ3n) is 3.82. The molecule has 0 atom stereocenters. The highest BCUT2D eigenvalue weighted by molar-refractivity contribution is 7.92. The number of aromatic amines is 1. The second-order valence-electron chi connectivity index (χ2n) is 5.83. The van der Waals surface area contributed by atoms with Gasteiger partial charge in [0.2, 0.25) is 0 Å². The van der Waals surface area contributed by atoms with Gasteiger partial charge in [-0.2, -0.15) is 5.26 Å². The Balaban J connectivity index is 1.93. The zero-order valence-electron chi connectivity index (χ0n) is 13.9. The Bertz CT molecular complexity index is 1180. The highest BCUT2D eigenvalue weighted by atomic mass is 35.5. The summed E-state index contributed by atoms with van der Waals surface area (Å²) in [5.41, 5.74) is -0.497. The van der Waals surface area contributed by atoms with Crippen LogP contribution < -0.4 is 4.72 Å². The minimum absolute atomic E-state index is 0.0292. The van der Waals surface area contributed by atoms with E-state index in [0.29, 0.717) is 17.7 Å². The van der Waals surface area contributed by atoms with E-state index in [9.17, 15) is 21.6 Å². The lowest BCUT2D eigenvalue weighted by molar-refractivity contribution is 0.592. The van der Waals surface area contributed by atoms with E-state index in [-0.39, 0.29) is 21.9 Å². The first kappa shape index (κ1) is 19.8. The third kappa shape index (κ3) is 4.13. The summed E-state index contributed by atoms with van der Waals surface area (Å²) in [4.78, 5) is 2.40. The Hall–Kier alpha value is -2.96. The highest BCUT2D eigenvalue weighted by Crippen LogP contribution is 2.26. The predicted octanol–water partition coefficient (Wildman–Crippen LogP) is 4.35. The lowest BCUT2D eigenvalue weighted by Gasteiger charge is -2.11. The second kappa shape index (κ2) is 7.58. The standard InChI is InChI=1S/C18H11ClF3N3O2S/c19-13-2-10(3-14(20)5-13)1-12-8-24-9-18(12)28(26,27)25-17-6-15(21)11(7-23)4-16(17)22/h2-6,8-9,24-25H,1H2. The predicted molar refractivity (Wildman–Crippen MR) is 96.9 cm³/mol. The van der Waals surface area contributed by atoms with Crippen LogP contribution in [0.4, 0.5) is 18.9 Å². The van der Waals surface area contributed by atoms with Crippen molar-refractivity contribution in [2.45, 2.75) is 11.3 Å². The van der Waals surface area contributed by atoms with Gasteiger partial charge in [0.05, 0.1) is 11.3 Å². The molecule has 0 aliphatic carbocycles. The van der Waals surface area contributed by atoms with Crippen molar-refractivity contribution in [3.8, 4) is 6.07 Å². The summed E-state index contributed by atoms with van der Waals surface area (Å²) in [6.07, 6.45) is 2.58. The Morgan fingerprint density at radius 1 is 1.07 bits per heavy atom. The molecule has 1 aromatic heterocycles. The molecule has 0 aliphatic rings. The minimum atomic E-state index is -4.30. The van der Waals surface area contributed by atoms with Gasteiger partial charge in [0.15, 0.2) is 0 Å². The van der Waals surface area contributed by atoms with Crippen molar-refractivity contribution in [3.05, 3.63) is 81.9 Å². The van der Waals surface area contributed by atoms with Crippen LogP contribution in [0.15, 0.2) is 47.6 Å². The molecule has 28 heavy (non-hydrogen) atoms. The summed E-state index contributed by atoms with van der Waals surface area (Å²) < 4.78 is 68.5. The molecule has 3 rings (SSSR count). The Morgan fingerprint density at radius 3 is 2.50 bits per heavy atom. The van der Waals surface area contributed by atoms with E-state index >= 15 is 0 Å². The van der Waals surface area contributed by atoms with Crippen molar-refractivity contribution in [1.29, 1.82) is 5.26 Å². The molecule has 0 aliphatic heterocycles. The summed E-state index contributed by atoms with van der Waals surface area (Å²) in [5, 5.41) is 8.85. The van der Waals surface area contributed by atoms with Crippen molar-refractivity contribution in [1.82, 2.24) is 4.98 Å². The van der Waals surface area contributed by atoms with Crippen molar-refractivity contribution in [2.75, 3.05) is 4.72 Å². The van der Waals surface area contributed by atoms with Crippen molar-refractivity contribution in [3.63, 3.8) is 0 Å². The van der Waals surface area contributed by atoms with Gasteiger partial charge in [-0.05, 0) is 35.4 Å². The van der Waals surface area contributed by atoms with Crippen LogP contribution in [-0.4, -0.2) is 13.4 Å². The number of hydrogen-bond acceptors (Lipinski definition) is 3. The van der Waals surface area contributed by atoms with E-state index < -0.39 is 38.7 Å². The maximum Gasteiger partial charge on any atom is 0.263 e. The van der Waals surface area contributed by atoms with Gasteiger partial charge in [-0.15, -0.1) is 0 Å². The molecule has 10 heteroatoms. The van der Waals surface area contributed by atoms with Gasteiger partial charge in [0.1, 0.15) is 28.4 Å². The SMILES string of the molecule is N#Cc1cc(F)c(NS(=O)(=O)c2c[nH]cc2Cc2cc(F)cc(Cl)c2)cc1F. The van der Waals surface area contributed by atoms with Gasteiger partial charge in [0, 0.05) is 29.9 Å². The van der Waals surface area contributed by atoms with Gasteiger partial charge in [-0.25, -0.2) is 21.6 Å². The molecule has 144 valence electrons. The summed E-state index contributed by atoms with van der Waals surface area (Å²) >= 11 is 5.81. The maximum absolute atomic E-state index is 14.0. The first-order valence-corrected chi connectivity index (χ1v) is 9.58. The van der Waals surface area contributed by atoms with Crippen LogP contribution >= 0.6 is 11.6 Å². The number of anilines is 1. The quantitative estimate of drug-likeness (QED) is 0.637. The first-order valence-electron chi connectivity index (χ1n) is 7.72. The number of nitrogens with zero attached hydrogens (tertiary/aromatic N) is 1. The molecule has 2 aromatic carbocycles. The molecule has 0 radical (unpaired) electrons. The van der Waals surface area contributed by atoms with Crippen LogP contribution in [-0.2, 0) is 16.4 Å². The van der Waals surface area contributed by atoms with Gasteiger partial charge < -0.3 is 4.98 Å². The van der Waals surface area contributed by atoms with Gasteiger partial charge in [-0.1, -0.05) is 11.6 Å². The summed E-state index contributed by atoms with van der Waals surface area (Å²) in [6.45, 7) is 0. The van der Waals surface area contributed by atoms with E-state index in [1.807, 2.05) is 4.72 Å². The molecule has 5 nitrogen and oxygen atoms in total. The average molecular weight is 426 g/mol. The number of H-pyrrole nitrogens is 1. The Morgan fingerprint density at radius 2 is 1.82 bits per heavy atom. The lowest BCUT2D eigenvalue weighted by atomic mass is 10.1. The summed E-state index contributed by atoms with van der Waals surface area (Å²) in [6, 6.07) is 6.45. The molecule has 0 unspecified atom stereocenters. The number of benzene rings is 2. The number of nitrogens with one attached hydrogen (secondary N) is 2. The minimum Gasteiger partial charge on any atom is -0.366 e. The smallest absolute Gasteiger partial charge is 0.263 e. The zero-order valence-corrected chi connectivity index (χ0v) is 15.5. The Kier molecular flexibility index (Phi) is 5.36. The van der Waals surface area contributed by atoms with Crippen molar-refractivity contribution in [2.24, 2.45) is 0 Å². The van der Waals surface area contributed by atoms with Gasteiger partial charge >= 0.3 is 0 Å². The largest absolute Gasteiger partial charge is 0.366 e. The number of sulfonamides is 1. The topological polar surface area (TPSA) is 85.8 Å². The number of hydrogen-bond donors (Lipinski definition) is 2. The van der Waals surface area contributed by atoms with Crippen LogP contribution in [0.25, 0.3) is 0 Å². The molecular formula is C18H11ClF3N3O2S. The summed E-state index contributed by atoms with van der Waals surface area (Å²) in [5.74, 6) is -2.74. The van der Waals surface area contributed by atoms with Crippen molar-refractivity contribution >= 4 is 27.3 Å². The monoisotopic (exact) mass is 425 g/mol. The van der Waals surface area contributed by atoms with E-state index in [1.54, 1.807) is 0 Å². The lowest BCUT2D eigenvalue weighted by Crippen LogP contribution is -2.15. The number of halogens is 4. The van der Waals surface area contributed by atoms with Crippen LogP contribution in [0.2, 0.25) is 5.02 Å². The van der Waals surface area contributed by atoms with Crippen LogP contribution in [0.1, 0.15) is 16.7 Å². The van der Waals surface area contributed by atoms with Crippen LogP contribution in [0, 0.1) is 28.8 Å². The fourth-order valence-corrected chi connectivity index (χ4v) is 4.11. The second-order valence-corrected chi connectivity index (χ2v) is 7.92. The normalized spacial score (nSPS) is 11.2. The zero-order chi connectivity index (χ0) is 20.5. The number of aromatic nitrogens is 1. The van der Waals surface area contributed by atoms with Crippen LogP contribution in [0.5, 0.6) is 0 Å². The van der Waals surface area contributed by atoms with Crippen LogP contribution in [0.3, 0.4) is 0 Å². The summed E-state index contributed by atoms with van der Waals surface area (Å²) in [7, 11) is -4.30. The maximum atomic E-state index is 14.0. The number of nitriles is 1. The first-order chi connectivity index (χ1) is 13.2. The molecule has 0 spiro atoms. The molecule has 0 amide bonds. The molecule has 1 heterocycles. The number of rotatable bonds is 5. The molecule has 2 N–H and O–H groups in total. The third-order valence-corrected chi connectivity index (χ3v) is 5.48. The molecule has 3 aromatic rings. The van der Waals surface area contributed by atoms with Gasteiger partial charge in [0.25, 0.3) is 10.0 Å². The average Bonchev–Trinajstić information content (AvgIpc) is 3.05. The van der Waals surface area contributed by atoms with E-state index in [1.165, 1.54) is 24.4 Å². The van der Waals surface area contributed by atoms with E-state index in [2.05, 4.69) is 4.98 Å². The van der Waals surface area contributed by atoms with Crippen molar-refractivity contribution < 1.29 is 21.6 Å².